The van der Waals surface area contributed by atoms with Gasteiger partial charge in [0.05, 0.1) is 16.7 Å². The quantitative estimate of drug-likeness (QED) is 0.174. The molecule has 1 aromatic heterocycles. The first-order chi connectivity index (χ1) is 21.8. The molecule has 11 heteroatoms. The Morgan fingerprint density at radius 1 is 0.867 bits per heavy atom. The van der Waals surface area contributed by atoms with Crippen LogP contribution in [0.4, 0.5) is 4.79 Å². The Kier molecular flexibility index (Phi) is 12.3. The van der Waals surface area contributed by atoms with E-state index in [4.69, 9.17) is 33.7 Å². The molecule has 45 heavy (non-hydrogen) atoms. The van der Waals surface area contributed by atoms with Gasteiger partial charge in [0.2, 0.25) is 0 Å². The zero-order chi connectivity index (χ0) is 32.2. The second-order valence-electron chi connectivity index (χ2n) is 10.2. The highest BCUT2D eigenvalue weighted by atomic mass is 35.5. The zero-order valence-electron chi connectivity index (χ0n) is 24.8. The predicted molar refractivity (Wildman–Crippen MR) is 175 cm³/mol. The third kappa shape index (κ3) is 9.78. The molecule has 0 aliphatic heterocycles. The average Bonchev–Trinajstić information content (AvgIpc) is 3.06. The maximum absolute atomic E-state index is 14.2. The second kappa shape index (κ2) is 16.6. The number of benzene rings is 3. The minimum atomic E-state index is -1.06. The predicted octanol–water partition coefficient (Wildman–Crippen LogP) is 5.57. The van der Waals surface area contributed by atoms with E-state index in [2.05, 4.69) is 15.6 Å². The number of hydrogen-bond donors (Lipinski definition) is 3. The highest BCUT2D eigenvalue weighted by Crippen LogP contribution is 2.23. The average molecular weight is 649 g/mol. The van der Waals surface area contributed by atoms with Gasteiger partial charge in [-0.15, -0.1) is 0 Å². The van der Waals surface area contributed by atoms with Crippen molar-refractivity contribution in [2.75, 3.05) is 13.2 Å². The molecule has 0 saturated heterocycles. The van der Waals surface area contributed by atoms with Crippen LogP contribution in [-0.4, -0.2) is 46.9 Å². The van der Waals surface area contributed by atoms with Gasteiger partial charge in [0.25, 0.3) is 11.8 Å². The number of rotatable bonds is 13. The van der Waals surface area contributed by atoms with Crippen molar-refractivity contribution in [3.05, 3.63) is 129 Å². The minimum Gasteiger partial charge on any atom is -0.494 e. The first-order valence-electron chi connectivity index (χ1n) is 14.5. The Labute approximate surface area is 272 Å². The Bertz CT molecular complexity index is 1580. The SMILES string of the molecule is CCOc1ccc(C[C@@H](NC(=O)c2ccncc2)C(=O)N(CCc2ccc(Cl)c(Cl)c2)C(=O)NCc2ccc(CN)cc2)cc1. The van der Waals surface area contributed by atoms with Gasteiger partial charge in [0.15, 0.2) is 0 Å². The van der Waals surface area contributed by atoms with Crippen LogP contribution in [0.25, 0.3) is 0 Å². The number of hydrogen-bond acceptors (Lipinski definition) is 6. The molecule has 0 unspecified atom stereocenters. The molecule has 0 spiro atoms. The fourth-order valence-corrected chi connectivity index (χ4v) is 4.89. The summed E-state index contributed by atoms with van der Waals surface area (Å²) >= 11 is 12.3. The van der Waals surface area contributed by atoms with Crippen molar-refractivity contribution in [3.8, 4) is 5.75 Å². The summed E-state index contributed by atoms with van der Waals surface area (Å²) in [6.07, 6.45) is 3.44. The molecular weight excluding hydrogens is 613 g/mol. The summed E-state index contributed by atoms with van der Waals surface area (Å²) in [7, 11) is 0. The van der Waals surface area contributed by atoms with Crippen LogP contribution in [0.1, 0.15) is 39.5 Å². The molecule has 0 fully saturated rings. The number of ether oxygens (including phenoxy) is 1. The highest BCUT2D eigenvalue weighted by Gasteiger charge is 2.30. The molecule has 9 nitrogen and oxygen atoms in total. The number of aromatic nitrogens is 1. The number of imide groups is 1. The molecule has 0 aliphatic rings. The second-order valence-corrected chi connectivity index (χ2v) is 11.0. The molecule has 234 valence electrons. The molecule has 4 amide bonds. The normalized spacial score (nSPS) is 11.4. The summed E-state index contributed by atoms with van der Waals surface area (Å²) in [5.41, 5.74) is 9.40. The molecule has 0 saturated carbocycles. The van der Waals surface area contributed by atoms with E-state index in [0.29, 0.717) is 40.9 Å². The van der Waals surface area contributed by atoms with E-state index in [-0.39, 0.29) is 19.5 Å². The van der Waals surface area contributed by atoms with E-state index in [1.165, 1.54) is 12.4 Å². The third-order valence-electron chi connectivity index (χ3n) is 7.04. The maximum Gasteiger partial charge on any atom is 0.324 e. The van der Waals surface area contributed by atoms with Crippen LogP contribution < -0.4 is 21.1 Å². The van der Waals surface area contributed by atoms with Gasteiger partial charge in [0.1, 0.15) is 11.8 Å². The van der Waals surface area contributed by atoms with Gasteiger partial charge in [-0.3, -0.25) is 19.5 Å². The van der Waals surface area contributed by atoms with Crippen LogP contribution in [0.5, 0.6) is 5.75 Å². The van der Waals surface area contributed by atoms with Gasteiger partial charge in [0, 0.05) is 44.0 Å². The smallest absolute Gasteiger partial charge is 0.324 e. The summed E-state index contributed by atoms with van der Waals surface area (Å²) in [4.78, 5) is 46.2. The van der Waals surface area contributed by atoms with Crippen molar-refractivity contribution in [1.82, 2.24) is 20.5 Å². The van der Waals surface area contributed by atoms with Crippen LogP contribution in [0.15, 0.2) is 91.3 Å². The van der Waals surface area contributed by atoms with Crippen LogP contribution in [0.2, 0.25) is 10.0 Å². The lowest BCUT2D eigenvalue weighted by atomic mass is 10.0. The molecule has 0 radical (unpaired) electrons. The number of carbonyl (C=O) groups is 3. The van der Waals surface area contributed by atoms with Crippen LogP contribution >= 0.6 is 23.2 Å². The Morgan fingerprint density at radius 2 is 1.51 bits per heavy atom. The summed E-state index contributed by atoms with van der Waals surface area (Å²) in [5.74, 6) is -0.346. The number of amides is 4. The zero-order valence-corrected chi connectivity index (χ0v) is 26.4. The number of nitrogens with zero attached hydrogens (tertiary/aromatic N) is 2. The van der Waals surface area contributed by atoms with Gasteiger partial charge in [-0.1, -0.05) is 65.7 Å². The third-order valence-corrected chi connectivity index (χ3v) is 7.78. The number of pyridine rings is 1. The van der Waals surface area contributed by atoms with Crippen LogP contribution in [-0.2, 0) is 30.7 Å². The number of nitrogens with one attached hydrogen (secondary N) is 2. The Hall–Kier alpha value is -4.44. The number of carbonyl (C=O) groups excluding carboxylic acids is 3. The number of urea groups is 1. The molecule has 3 aromatic carbocycles. The highest BCUT2D eigenvalue weighted by molar-refractivity contribution is 6.42. The molecule has 0 aliphatic carbocycles. The van der Waals surface area contributed by atoms with E-state index in [1.54, 1.807) is 42.5 Å². The van der Waals surface area contributed by atoms with Gasteiger partial charge >= 0.3 is 6.03 Å². The van der Waals surface area contributed by atoms with Crippen molar-refractivity contribution in [2.24, 2.45) is 5.73 Å². The maximum atomic E-state index is 14.2. The monoisotopic (exact) mass is 647 g/mol. The van der Waals surface area contributed by atoms with Gasteiger partial charge < -0.3 is 21.1 Å². The van der Waals surface area contributed by atoms with Crippen LogP contribution in [0, 0.1) is 0 Å². The van der Waals surface area contributed by atoms with Crippen molar-refractivity contribution >= 4 is 41.0 Å². The van der Waals surface area contributed by atoms with Crippen molar-refractivity contribution in [3.63, 3.8) is 0 Å². The van der Waals surface area contributed by atoms with E-state index in [9.17, 15) is 14.4 Å². The summed E-state index contributed by atoms with van der Waals surface area (Å²) in [5, 5.41) is 6.46. The van der Waals surface area contributed by atoms with E-state index < -0.39 is 23.9 Å². The summed E-state index contributed by atoms with van der Waals surface area (Å²) < 4.78 is 5.54. The number of nitrogens with two attached hydrogens (primary N) is 1. The molecule has 0 bridgehead atoms. The fourth-order valence-electron chi connectivity index (χ4n) is 4.57. The first kappa shape index (κ1) is 33.5. The van der Waals surface area contributed by atoms with Crippen LogP contribution in [0.3, 0.4) is 0 Å². The Morgan fingerprint density at radius 3 is 2.16 bits per heavy atom. The molecule has 1 atom stereocenters. The lowest BCUT2D eigenvalue weighted by Gasteiger charge is -2.27. The molecule has 1 heterocycles. The lowest BCUT2D eigenvalue weighted by Crippen LogP contribution is -2.54. The minimum absolute atomic E-state index is 0.0274. The Balaban J connectivity index is 1.60. The first-order valence-corrected chi connectivity index (χ1v) is 15.3. The lowest BCUT2D eigenvalue weighted by molar-refractivity contribution is -0.130. The van der Waals surface area contributed by atoms with E-state index >= 15 is 0 Å². The molecule has 4 aromatic rings. The van der Waals surface area contributed by atoms with Gasteiger partial charge in [-0.2, -0.15) is 0 Å². The summed E-state index contributed by atoms with van der Waals surface area (Å²) in [6.45, 7) is 3.03. The van der Waals surface area contributed by atoms with Crippen molar-refractivity contribution in [2.45, 2.75) is 38.9 Å². The van der Waals surface area contributed by atoms with E-state index in [0.717, 1.165) is 27.2 Å². The molecule has 4 rings (SSSR count). The molecule has 4 N–H and O–H groups in total. The van der Waals surface area contributed by atoms with Gasteiger partial charge in [-0.25, -0.2) is 4.79 Å². The fraction of sp³-hybridized carbons (Fsp3) is 0.235. The largest absolute Gasteiger partial charge is 0.494 e. The van der Waals surface area contributed by atoms with Gasteiger partial charge in [-0.05, 0) is 72.0 Å². The topological polar surface area (TPSA) is 127 Å². The van der Waals surface area contributed by atoms with E-state index in [1.807, 2.05) is 43.3 Å². The van der Waals surface area contributed by atoms with Crippen molar-refractivity contribution < 1.29 is 19.1 Å². The summed E-state index contributed by atoms with van der Waals surface area (Å²) in [6, 6.07) is 21.4. The number of halogens is 2. The standard InChI is InChI=1S/C34H35Cl2N5O4/c1-2-45-28-10-7-23(8-11-28)20-31(40-32(42)27-13-16-38-17-14-27)33(43)41(18-15-24-9-12-29(35)30(36)19-24)34(44)39-22-26-5-3-25(21-37)4-6-26/h3-14,16-17,19,31H,2,15,18,20-22,37H2,1H3,(H,39,44)(H,40,42)/t31-/m1/s1. The van der Waals surface area contributed by atoms with Crippen molar-refractivity contribution in [1.29, 1.82) is 0 Å². The molecular formula is C34H35Cl2N5O4.